The lowest BCUT2D eigenvalue weighted by Crippen LogP contribution is -2.21. The first-order chi connectivity index (χ1) is 18.3. The third-order valence-electron chi connectivity index (χ3n) is 8.59. The summed E-state index contributed by atoms with van der Waals surface area (Å²) in [4.78, 5) is 0. The fourth-order valence-electron chi connectivity index (χ4n) is 6.63. The molecule has 0 spiro atoms. The number of benzene rings is 3. The van der Waals surface area contributed by atoms with Crippen molar-refractivity contribution in [2.75, 3.05) is 5.32 Å². The van der Waals surface area contributed by atoms with Crippen molar-refractivity contribution in [2.24, 2.45) is 11.8 Å². The molecule has 0 fully saturated rings. The first-order valence-corrected chi connectivity index (χ1v) is 13.9. The Hall–Kier alpha value is -3.84. The molecule has 4 aliphatic carbocycles. The molecule has 0 aliphatic heterocycles. The lowest BCUT2D eigenvalue weighted by Gasteiger charge is -2.34. The fourth-order valence-corrected chi connectivity index (χ4v) is 6.63. The molecule has 1 nitrogen and oxygen atoms in total. The van der Waals surface area contributed by atoms with Crippen LogP contribution in [0.5, 0.6) is 0 Å². The first kappa shape index (κ1) is 22.4. The molecule has 1 N–H and O–H groups in total. The van der Waals surface area contributed by atoms with E-state index in [0.717, 1.165) is 24.2 Å². The van der Waals surface area contributed by atoms with E-state index in [1.54, 1.807) is 22.3 Å². The van der Waals surface area contributed by atoms with Crippen LogP contribution in [0.3, 0.4) is 0 Å². The molecule has 2 atom stereocenters. The molecule has 7 rings (SSSR count). The van der Waals surface area contributed by atoms with Gasteiger partial charge in [-0.2, -0.15) is 0 Å². The molecule has 0 saturated carbocycles. The minimum absolute atomic E-state index is 0.599. The molecule has 0 amide bonds. The van der Waals surface area contributed by atoms with Crippen molar-refractivity contribution in [3.63, 3.8) is 0 Å². The molecular weight excluding hydrogens is 446 g/mol. The van der Waals surface area contributed by atoms with Gasteiger partial charge in [0.2, 0.25) is 0 Å². The molecule has 0 bridgehead atoms. The number of allylic oxidation sites excluding steroid dienone is 9. The van der Waals surface area contributed by atoms with Gasteiger partial charge in [0.1, 0.15) is 0 Å². The minimum atomic E-state index is 0.599. The van der Waals surface area contributed by atoms with Crippen LogP contribution in [0.15, 0.2) is 125 Å². The second-order valence-electron chi connectivity index (χ2n) is 10.8. The average molecular weight is 480 g/mol. The van der Waals surface area contributed by atoms with Crippen LogP contribution < -0.4 is 5.32 Å². The maximum absolute atomic E-state index is 3.70. The zero-order valence-corrected chi connectivity index (χ0v) is 21.3. The van der Waals surface area contributed by atoms with E-state index >= 15 is 0 Å². The Morgan fingerprint density at radius 1 is 0.730 bits per heavy atom. The Morgan fingerprint density at radius 2 is 1.57 bits per heavy atom. The molecule has 0 saturated heterocycles. The topological polar surface area (TPSA) is 12.0 Å². The summed E-state index contributed by atoms with van der Waals surface area (Å²) in [6.45, 7) is 0. The monoisotopic (exact) mass is 479 g/mol. The van der Waals surface area contributed by atoms with E-state index in [-0.39, 0.29) is 0 Å². The number of anilines is 2. The summed E-state index contributed by atoms with van der Waals surface area (Å²) in [6, 6.07) is 26.1. The van der Waals surface area contributed by atoms with Crippen LogP contribution in [0.25, 0.3) is 17.2 Å². The highest BCUT2D eigenvalue weighted by atomic mass is 14.9. The normalized spacial score (nSPS) is 21.9. The first-order valence-electron chi connectivity index (χ1n) is 13.9. The van der Waals surface area contributed by atoms with Gasteiger partial charge in [-0.1, -0.05) is 91.1 Å². The van der Waals surface area contributed by atoms with E-state index in [1.165, 1.54) is 47.9 Å². The number of aryl methyl sites for hydroxylation is 1. The summed E-state index contributed by atoms with van der Waals surface area (Å²) in [7, 11) is 0. The average Bonchev–Trinajstić information content (AvgIpc) is 2.97. The smallest absolute Gasteiger partial charge is 0.0463 e. The molecule has 3 aromatic rings. The van der Waals surface area contributed by atoms with Crippen molar-refractivity contribution in [3.8, 4) is 11.1 Å². The van der Waals surface area contributed by atoms with Crippen LogP contribution in [0, 0.1) is 11.8 Å². The highest BCUT2D eigenvalue weighted by molar-refractivity contribution is 5.81. The number of hydrogen-bond acceptors (Lipinski definition) is 1. The Kier molecular flexibility index (Phi) is 5.78. The van der Waals surface area contributed by atoms with Gasteiger partial charge in [-0.25, -0.2) is 0 Å². The predicted molar refractivity (Wildman–Crippen MR) is 157 cm³/mol. The maximum Gasteiger partial charge on any atom is 0.0463 e. The lowest BCUT2D eigenvalue weighted by molar-refractivity contribution is 0.466. The van der Waals surface area contributed by atoms with Crippen LogP contribution in [-0.2, 0) is 6.42 Å². The van der Waals surface area contributed by atoms with E-state index in [1.807, 2.05) is 0 Å². The van der Waals surface area contributed by atoms with Gasteiger partial charge in [0.25, 0.3) is 0 Å². The third-order valence-corrected chi connectivity index (χ3v) is 8.59. The van der Waals surface area contributed by atoms with Crippen molar-refractivity contribution in [3.05, 3.63) is 137 Å². The van der Waals surface area contributed by atoms with E-state index in [0.29, 0.717) is 11.8 Å². The molecule has 2 unspecified atom stereocenters. The zero-order valence-electron chi connectivity index (χ0n) is 21.3. The zero-order chi connectivity index (χ0) is 24.6. The molecule has 4 aliphatic rings. The Balaban J connectivity index is 1.14. The summed E-state index contributed by atoms with van der Waals surface area (Å²) in [6.07, 6.45) is 21.8. The molecule has 182 valence electrons. The molecule has 37 heavy (non-hydrogen) atoms. The number of rotatable bonds is 4. The highest BCUT2D eigenvalue weighted by Gasteiger charge is 2.29. The summed E-state index contributed by atoms with van der Waals surface area (Å²) >= 11 is 0. The molecule has 0 aromatic heterocycles. The summed E-state index contributed by atoms with van der Waals surface area (Å²) in [5.74, 6) is 1.28. The van der Waals surface area contributed by atoms with Crippen molar-refractivity contribution < 1.29 is 0 Å². The second kappa shape index (κ2) is 9.56. The molecule has 3 aromatic carbocycles. The quantitative estimate of drug-likeness (QED) is 0.367. The Morgan fingerprint density at radius 3 is 2.51 bits per heavy atom. The van der Waals surface area contributed by atoms with Gasteiger partial charge in [-0.3, -0.25) is 0 Å². The summed E-state index contributed by atoms with van der Waals surface area (Å²) < 4.78 is 0. The maximum atomic E-state index is 3.70. The number of para-hydroxylation sites is 1. The fraction of sp³-hybridized carbons (Fsp3) is 0.222. The van der Waals surface area contributed by atoms with Gasteiger partial charge in [-0.15, -0.1) is 0 Å². The number of fused-ring (bicyclic) bond motifs is 3. The van der Waals surface area contributed by atoms with Gasteiger partial charge in [0, 0.05) is 22.9 Å². The van der Waals surface area contributed by atoms with Gasteiger partial charge in [0.05, 0.1) is 0 Å². The highest BCUT2D eigenvalue weighted by Crippen LogP contribution is 2.44. The van der Waals surface area contributed by atoms with Crippen LogP contribution in [-0.4, -0.2) is 0 Å². The van der Waals surface area contributed by atoms with Crippen LogP contribution in [0.4, 0.5) is 11.4 Å². The van der Waals surface area contributed by atoms with Gasteiger partial charge in [0.15, 0.2) is 0 Å². The summed E-state index contributed by atoms with van der Waals surface area (Å²) in [5.41, 5.74) is 13.9. The van der Waals surface area contributed by atoms with Crippen LogP contribution >= 0.6 is 0 Å². The number of nitrogens with one attached hydrogen (secondary N) is 1. The standard InChI is InChI=1S/C36H33N/c1-2-8-25(9-3-1)34-12-6-7-13-36(34)37-32-21-20-29-22-28(18-19-30(29)23-32)31-17-16-27-15-14-26-10-4-5-11-33(26)35(27)24-31/h1-4,6-10,12-15,20-24,26,33,37H,5,11,16-19H2. The van der Waals surface area contributed by atoms with E-state index < -0.39 is 0 Å². The van der Waals surface area contributed by atoms with Crippen LogP contribution in [0.2, 0.25) is 0 Å². The molecule has 0 radical (unpaired) electrons. The molecule has 0 heterocycles. The van der Waals surface area contributed by atoms with Crippen molar-refractivity contribution in [2.45, 2.75) is 38.5 Å². The largest absolute Gasteiger partial charge is 0.355 e. The molecule has 1 heteroatoms. The van der Waals surface area contributed by atoms with Gasteiger partial charge >= 0.3 is 0 Å². The Bertz CT molecular complexity index is 1490. The van der Waals surface area contributed by atoms with E-state index in [9.17, 15) is 0 Å². The van der Waals surface area contributed by atoms with Crippen LogP contribution in [0.1, 0.15) is 43.2 Å². The van der Waals surface area contributed by atoms with E-state index in [4.69, 9.17) is 0 Å². The lowest BCUT2D eigenvalue weighted by atomic mass is 9.70. The third kappa shape index (κ3) is 4.33. The van der Waals surface area contributed by atoms with Gasteiger partial charge < -0.3 is 5.32 Å². The van der Waals surface area contributed by atoms with E-state index in [2.05, 4.69) is 115 Å². The van der Waals surface area contributed by atoms with Crippen molar-refractivity contribution >= 4 is 17.5 Å². The van der Waals surface area contributed by atoms with Crippen molar-refractivity contribution in [1.29, 1.82) is 0 Å². The minimum Gasteiger partial charge on any atom is -0.355 e. The second-order valence-corrected chi connectivity index (χ2v) is 10.8. The number of hydrogen-bond donors (Lipinski definition) is 1. The van der Waals surface area contributed by atoms with Crippen molar-refractivity contribution in [1.82, 2.24) is 0 Å². The summed E-state index contributed by atoms with van der Waals surface area (Å²) in [5, 5.41) is 3.70. The predicted octanol–water partition coefficient (Wildman–Crippen LogP) is 9.60. The Labute approximate surface area is 220 Å². The SMILES string of the molecule is C1=CC2C=CC3=C(C=C(C4=Cc5ccc(Nc6ccccc6-c6ccccc6)cc5CC4)CC3)C2CC1. The van der Waals surface area contributed by atoms with Gasteiger partial charge in [-0.05, 0) is 102 Å². The molecular formula is C36H33N.